The van der Waals surface area contributed by atoms with Gasteiger partial charge in [0.1, 0.15) is 11.5 Å². The third kappa shape index (κ3) is 3.73. The van der Waals surface area contributed by atoms with E-state index in [4.69, 9.17) is 4.74 Å². The van der Waals surface area contributed by atoms with E-state index < -0.39 is 0 Å². The molecule has 3 heteroatoms. The van der Waals surface area contributed by atoms with Gasteiger partial charge in [-0.2, -0.15) is 0 Å². The lowest BCUT2D eigenvalue weighted by atomic mass is 9.98. The maximum Gasteiger partial charge on any atom is 0.159 e. The Hall–Kier alpha value is -1.61. The number of halogens is 1. The van der Waals surface area contributed by atoms with Gasteiger partial charge in [0.15, 0.2) is 5.78 Å². The summed E-state index contributed by atoms with van der Waals surface area (Å²) in [5.74, 6) is 2.07. The second kappa shape index (κ2) is 6.90. The number of ether oxygens (including phenoxy) is 1. The van der Waals surface area contributed by atoms with Crippen molar-refractivity contribution in [2.45, 2.75) is 33.1 Å². The van der Waals surface area contributed by atoms with Gasteiger partial charge in [0, 0.05) is 5.56 Å². The number of hydrogen-bond donors (Lipinski definition) is 0. The first kappa shape index (κ1) is 15.8. The summed E-state index contributed by atoms with van der Waals surface area (Å²) in [4.78, 5) is 11.4. The van der Waals surface area contributed by atoms with E-state index in [0.717, 1.165) is 22.4 Å². The normalized spacial score (nSPS) is 12.0. The Morgan fingerprint density at radius 3 is 2.52 bits per heavy atom. The van der Waals surface area contributed by atoms with Gasteiger partial charge >= 0.3 is 0 Å². The van der Waals surface area contributed by atoms with E-state index in [0.29, 0.717) is 11.5 Å². The van der Waals surface area contributed by atoms with Gasteiger partial charge in [-0.3, -0.25) is 4.79 Å². The highest BCUT2D eigenvalue weighted by Crippen LogP contribution is 2.35. The summed E-state index contributed by atoms with van der Waals surface area (Å²) in [6.07, 6.45) is 1.06. The Balaban J connectivity index is 2.33. The van der Waals surface area contributed by atoms with Gasteiger partial charge in [0.25, 0.3) is 0 Å². The molecular weight excluding hydrogens is 328 g/mol. The summed E-state index contributed by atoms with van der Waals surface area (Å²) >= 11 is 3.47. The molecule has 0 spiro atoms. The number of carbonyl (C=O) groups is 1. The smallest absolute Gasteiger partial charge is 0.159 e. The first-order valence-corrected chi connectivity index (χ1v) is 7.89. The minimum atomic E-state index is 0.0438. The second-order valence-electron chi connectivity index (χ2n) is 5.15. The minimum absolute atomic E-state index is 0.0438. The summed E-state index contributed by atoms with van der Waals surface area (Å²) in [5.41, 5.74) is 1.87. The predicted octanol–water partition coefficient (Wildman–Crippen LogP) is 5.96. The fraction of sp³-hybridized carbons (Fsp3) is 0.278. The van der Waals surface area contributed by atoms with Crippen LogP contribution in [0.2, 0.25) is 0 Å². The number of para-hydroxylation sites is 1. The molecule has 0 saturated carbocycles. The Bertz CT molecular complexity index is 649. The van der Waals surface area contributed by atoms with Crippen molar-refractivity contribution in [1.82, 2.24) is 0 Å². The lowest BCUT2D eigenvalue weighted by Crippen LogP contribution is -1.97. The zero-order valence-electron chi connectivity index (χ0n) is 12.5. The van der Waals surface area contributed by atoms with Crippen molar-refractivity contribution in [3.05, 3.63) is 58.1 Å². The number of carbonyl (C=O) groups excluding carboxylic acids is 1. The molecule has 0 aliphatic heterocycles. The molecule has 2 aromatic carbocycles. The molecule has 1 atom stereocenters. The Labute approximate surface area is 134 Å². The molecule has 110 valence electrons. The van der Waals surface area contributed by atoms with E-state index in [2.05, 4.69) is 35.8 Å². The molecule has 0 aliphatic rings. The van der Waals surface area contributed by atoms with Crippen molar-refractivity contribution in [3.8, 4) is 11.5 Å². The van der Waals surface area contributed by atoms with Crippen LogP contribution in [0.1, 0.15) is 49.0 Å². The van der Waals surface area contributed by atoms with Crippen molar-refractivity contribution < 1.29 is 9.53 Å². The summed E-state index contributed by atoms with van der Waals surface area (Å²) < 4.78 is 6.83. The molecular formula is C18H19BrO2. The lowest BCUT2D eigenvalue weighted by molar-refractivity contribution is 0.101. The molecule has 0 N–H and O–H groups in total. The number of ketones is 1. The zero-order valence-corrected chi connectivity index (χ0v) is 14.1. The standard InChI is InChI=1S/C18H19BrO2/c1-4-12(2)15-7-5-6-8-17(15)21-18-10-9-14(13(3)20)11-16(18)19/h5-12H,4H2,1-3H3. The van der Waals surface area contributed by atoms with Gasteiger partial charge in [0.2, 0.25) is 0 Å². The molecule has 0 bridgehead atoms. The molecule has 0 fully saturated rings. The summed E-state index contributed by atoms with van der Waals surface area (Å²) in [5, 5.41) is 0. The first-order valence-electron chi connectivity index (χ1n) is 7.10. The van der Waals surface area contributed by atoms with E-state index >= 15 is 0 Å². The number of hydrogen-bond acceptors (Lipinski definition) is 2. The molecule has 2 aromatic rings. The van der Waals surface area contributed by atoms with Crippen LogP contribution < -0.4 is 4.74 Å². The fourth-order valence-corrected chi connectivity index (χ4v) is 2.58. The van der Waals surface area contributed by atoms with Crippen LogP contribution in [-0.4, -0.2) is 5.78 Å². The molecule has 21 heavy (non-hydrogen) atoms. The van der Waals surface area contributed by atoms with Crippen LogP contribution in [0.25, 0.3) is 0 Å². The lowest BCUT2D eigenvalue weighted by Gasteiger charge is -2.16. The third-order valence-electron chi connectivity index (χ3n) is 3.62. The topological polar surface area (TPSA) is 26.3 Å². The molecule has 2 rings (SSSR count). The number of benzene rings is 2. The van der Waals surface area contributed by atoms with Crippen LogP contribution in [0.5, 0.6) is 11.5 Å². The van der Waals surface area contributed by atoms with E-state index in [-0.39, 0.29) is 5.78 Å². The van der Waals surface area contributed by atoms with Crippen molar-refractivity contribution >= 4 is 21.7 Å². The average Bonchev–Trinajstić information content (AvgIpc) is 2.49. The molecule has 1 unspecified atom stereocenters. The van der Waals surface area contributed by atoms with Gasteiger partial charge in [-0.1, -0.05) is 32.0 Å². The predicted molar refractivity (Wildman–Crippen MR) is 89.4 cm³/mol. The van der Waals surface area contributed by atoms with E-state index in [1.807, 2.05) is 24.3 Å². The quantitative estimate of drug-likeness (QED) is 0.624. The summed E-state index contributed by atoms with van der Waals surface area (Å²) in [7, 11) is 0. The van der Waals surface area contributed by atoms with Crippen molar-refractivity contribution in [2.24, 2.45) is 0 Å². The maximum atomic E-state index is 11.4. The molecule has 0 heterocycles. The molecule has 0 amide bonds. The number of Topliss-reactive ketones (excluding diaryl/α,β-unsaturated/α-hetero) is 1. The Kier molecular flexibility index (Phi) is 5.18. The molecule has 0 aliphatic carbocycles. The highest BCUT2D eigenvalue weighted by atomic mass is 79.9. The van der Waals surface area contributed by atoms with Crippen molar-refractivity contribution in [2.75, 3.05) is 0 Å². The average molecular weight is 347 g/mol. The van der Waals surface area contributed by atoms with Crippen LogP contribution in [0.4, 0.5) is 0 Å². The third-order valence-corrected chi connectivity index (χ3v) is 4.24. The van der Waals surface area contributed by atoms with E-state index in [9.17, 15) is 4.79 Å². The Morgan fingerprint density at radius 1 is 1.19 bits per heavy atom. The highest BCUT2D eigenvalue weighted by Gasteiger charge is 2.12. The van der Waals surface area contributed by atoms with E-state index in [1.54, 1.807) is 19.1 Å². The first-order chi connectivity index (χ1) is 10.0. The largest absolute Gasteiger partial charge is 0.456 e. The maximum absolute atomic E-state index is 11.4. The van der Waals surface area contributed by atoms with Gasteiger partial charge in [-0.15, -0.1) is 0 Å². The van der Waals surface area contributed by atoms with E-state index in [1.165, 1.54) is 5.56 Å². The molecule has 2 nitrogen and oxygen atoms in total. The number of rotatable bonds is 5. The highest BCUT2D eigenvalue weighted by molar-refractivity contribution is 9.10. The monoisotopic (exact) mass is 346 g/mol. The van der Waals surface area contributed by atoms with Crippen molar-refractivity contribution in [3.63, 3.8) is 0 Å². The van der Waals surface area contributed by atoms with Crippen LogP contribution in [0.3, 0.4) is 0 Å². The van der Waals surface area contributed by atoms with Gasteiger partial charge in [-0.05, 0) is 65.0 Å². The van der Waals surface area contributed by atoms with Crippen molar-refractivity contribution in [1.29, 1.82) is 0 Å². The van der Waals surface area contributed by atoms with Crippen LogP contribution in [0, 0.1) is 0 Å². The Morgan fingerprint density at radius 2 is 1.90 bits per heavy atom. The second-order valence-corrected chi connectivity index (χ2v) is 6.00. The SMILES string of the molecule is CCC(C)c1ccccc1Oc1ccc(C(C)=O)cc1Br. The molecule has 0 saturated heterocycles. The zero-order chi connectivity index (χ0) is 15.4. The van der Waals surface area contributed by atoms with Gasteiger partial charge < -0.3 is 4.74 Å². The van der Waals surface area contributed by atoms with Crippen LogP contribution in [-0.2, 0) is 0 Å². The summed E-state index contributed by atoms with van der Waals surface area (Å²) in [6, 6.07) is 13.5. The minimum Gasteiger partial charge on any atom is -0.456 e. The van der Waals surface area contributed by atoms with Gasteiger partial charge in [-0.25, -0.2) is 0 Å². The van der Waals surface area contributed by atoms with Gasteiger partial charge in [0.05, 0.1) is 4.47 Å². The van der Waals surface area contributed by atoms with Crippen LogP contribution >= 0.6 is 15.9 Å². The van der Waals surface area contributed by atoms with Crippen LogP contribution in [0.15, 0.2) is 46.9 Å². The fourth-order valence-electron chi connectivity index (χ4n) is 2.12. The molecule has 0 radical (unpaired) electrons. The molecule has 0 aromatic heterocycles. The summed E-state index contributed by atoms with van der Waals surface area (Å²) in [6.45, 7) is 5.91.